The highest BCUT2D eigenvalue weighted by molar-refractivity contribution is 5.37. The molecule has 2 aliphatic rings. The van der Waals surface area contributed by atoms with Gasteiger partial charge in [0, 0.05) is 31.1 Å². The third-order valence-electron chi connectivity index (χ3n) is 3.26. The molecule has 0 unspecified atom stereocenters. The molecule has 1 aliphatic carbocycles. The fraction of sp³-hybridized carbons (Fsp3) is 0.667. The molecule has 4 heteroatoms. The third-order valence-corrected chi connectivity index (χ3v) is 3.26. The Morgan fingerprint density at radius 2 is 2.25 bits per heavy atom. The van der Waals surface area contributed by atoms with E-state index in [1.807, 2.05) is 0 Å². The van der Waals surface area contributed by atoms with E-state index in [2.05, 4.69) is 27.5 Å². The van der Waals surface area contributed by atoms with E-state index < -0.39 is 0 Å². The predicted molar refractivity (Wildman–Crippen MR) is 63.5 cm³/mol. The van der Waals surface area contributed by atoms with Crippen LogP contribution in [-0.4, -0.2) is 22.6 Å². The molecule has 16 heavy (non-hydrogen) atoms. The molecule has 1 fully saturated rings. The van der Waals surface area contributed by atoms with Gasteiger partial charge in [-0.05, 0) is 19.3 Å². The first-order valence-electron chi connectivity index (χ1n) is 6.22. The van der Waals surface area contributed by atoms with Crippen LogP contribution in [-0.2, 0) is 19.4 Å². The lowest BCUT2D eigenvalue weighted by Crippen LogP contribution is -2.27. The minimum Gasteiger partial charge on any atom is -0.351 e. The summed E-state index contributed by atoms with van der Waals surface area (Å²) in [5.74, 6) is 0.847. The van der Waals surface area contributed by atoms with Crippen LogP contribution in [0.15, 0.2) is 0 Å². The van der Waals surface area contributed by atoms with Crippen LogP contribution < -0.4 is 10.6 Å². The summed E-state index contributed by atoms with van der Waals surface area (Å²) in [6.45, 7) is 4.14. The molecular formula is C12H18N4. The Kier molecular flexibility index (Phi) is 2.52. The van der Waals surface area contributed by atoms with Gasteiger partial charge < -0.3 is 10.6 Å². The van der Waals surface area contributed by atoms with Crippen molar-refractivity contribution in [3.63, 3.8) is 0 Å². The van der Waals surface area contributed by atoms with Gasteiger partial charge in [-0.3, -0.25) is 0 Å². The fourth-order valence-corrected chi connectivity index (χ4v) is 2.18. The molecule has 0 bridgehead atoms. The van der Waals surface area contributed by atoms with Crippen LogP contribution in [0.25, 0.3) is 0 Å². The van der Waals surface area contributed by atoms with E-state index in [9.17, 15) is 0 Å². The number of hydrogen-bond acceptors (Lipinski definition) is 4. The molecule has 1 aromatic heterocycles. The molecule has 0 radical (unpaired) electrons. The molecule has 2 heterocycles. The van der Waals surface area contributed by atoms with Gasteiger partial charge in [0.05, 0.1) is 11.4 Å². The number of rotatable bonds is 3. The van der Waals surface area contributed by atoms with Gasteiger partial charge in [-0.25, -0.2) is 9.97 Å². The molecule has 0 amide bonds. The maximum absolute atomic E-state index is 4.64. The Morgan fingerprint density at radius 3 is 3.00 bits per heavy atom. The van der Waals surface area contributed by atoms with E-state index in [0.29, 0.717) is 6.04 Å². The molecule has 0 saturated heterocycles. The van der Waals surface area contributed by atoms with Gasteiger partial charge in [-0.2, -0.15) is 0 Å². The van der Waals surface area contributed by atoms with Crippen LogP contribution in [0.3, 0.4) is 0 Å². The van der Waals surface area contributed by atoms with E-state index in [0.717, 1.165) is 31.9 Å². The largest absolute Gasteiger partial charge is 0.351 e. The normalized spacial score (nSPS) is 19.3. The smallest absolute Gasteiger partial charge is 0.223 e. The van der Waals surface area contributed by atoms with Gasteiger partial charge in [0.15, 0.2) is 0 Å². The summed E-state index contributed by atoms with van der Waals surface area (Å²) in [5, 5.41) is 6.79. The molecule has 0 aromatic carbocycles. The Bertz CT molecular complexity index is 381. The fourth-order valence-electron chi connectivity index (χ4n) is 2.18. The molecular weight excluding hydrogens is 200 g/mol. The van der Waals surface area contributed by atoms with Crippen LogP contribution in [0.1, 0.15) is 36.7 Å². The number of nitrogens with zero attached hydrogens (tertiary/aromatic N) is 2. The molecule has 86 valence electrons. The second kappa shape index (κ2) is 4.01. The van der Waals surface area contributed by atoms with Crippen molar-refractivity contribution in [3.05, 3.63) is 17.0 Å². The summed E-state index contributed by atoms with van der Waals surface area (Å²) in [6.07, 6.45) is 4.56. The van der Waals surface area contributed by atoms with Gasteiger partial charge >= 0.3 is 0 Å². The SMILES string of the molecule is CCc1nc(NC2CC2)nc2c1CNCC2. The van der Waals surface area contributed by atoms with Crippen molar-refractivity contribution in [3.8, 4) is 0 Å². The quantitative estimate of drug-likeness (QED) is 0.802. The van der Waals surface area contributed by atoms with Crippen molar-refractivity contribution >= 4 is 5.95 Å². The summed E-state index contributed by atoms with van der Waals surface area (Å²) in [6, 6.07) is 0.629. The van der Waals surface area contributed by atoms with E-state index in [-0.39, 0.29) is 0 Å². The molecule has 0 atom stereocenters. The molecule has 3 rings (SSSR count). The second-order valence-electron chi connectivity index (χ2n) is 4.62. The number of aryl methyl sites for hydroxylation is 1. The highest BCUT2D eigenvalue weighted by Gasteiger charge is 2.23. The van der Waals surface area contributed by atoms with Gasteiger partial charge in [-0.15, -0.1) is 0 Å². The molecule has 0 spiro atoms. The average Bonchev–Trinajstić information content (AvgIpc) is 3.12. The summed E-state index contributed by atoms with van der Waals surface area (Å²) in [7, 11) is 0. The summed E-state index contributed by atoms with van der Waals surface area (Å²) in [5.41, 5.74) is 3.78. The zero-order valence-corrected chi connectivity index (χ0v) is 9.71. The molecule has 2 N–H and O–H groups in total. The molecule has 1 saturated carbocycles. The highest BCUT2D eigenvalue weighted by atomic mass is 15.1. The second-order valence-corrected chi connectivity index (χ2v) is 4.62. The van der Waals surface area contributed by atoms with E-state index in [1.54, 1.807) is 0 Å². The average molecular weight is 218 g/mol. The van der Waals surface area contributed by atoms with E-state index >= 15 is 0 Å². The van der Waals surface area contributed by atoms with Crippen LogP contribution in [0.2, 0.25) is 0 Å². The monoisotopic (exact) mass is 218 g/mol. The van der Waals surface area contributed by atoms with E-state index in [1.165, 1.54) is 29.8 Å². The lowest BCUT2D eigenvalue weighted by Gasteiger charge is -2.19. The number of hydrogen-bond donors (Lipinski definition) is 2. The predicted octanol–water partition coefficient (Wildman–Crippen LogP) is 1.26. The van der Waals surface area contributed by atoms with Crippen molar-refractivity contribution in [2.24, 2.45) is 0 Å². The van der Waals surface area contributed by atoms with Gasteiger partial charge in [0.1, 0.15) is 0 Å². The van der Waals surface area contributed by atoms with E-state index in [4.69, 9.17) is 0 Å². The van der Waals surface area contributed by atoms with Crippen LogP contribution in [0, 0.1) is 0 Å². The summed E-state index contributed by atoms with van der Waals surface area (Å²) >= 11 is 0. The van der Waals surface area contributed by atoms with Crippen LogP contribution in [0.5, 0.6) is 0 Å². The Balaban J connectivity index is 1.94. The zero-order chi connectivity index (χ0) is 11.0. The molecule has 4 nitrogen and oxygen atoms in total. The van der Waals surface area contributed by atoms with Gasteiger partial charge in [0.2, 0.25) is 5.95 Å². The van der Waals surface area contributed by atoms with Crippen molar-refractivity contribution < 1.29 is 0 Å². The summed E-state index contributed by atoms with van der Waals surface area (Å²) < 4.78 is 0. The lowest BCUT2D eigenvalue weighted by molar-refractivity contribution is 0.618. The van der Waals surface area contributed by atoms with Gasteiger partial charge in [0.25, 0.3) is 0 Å². The summed E-state index contributed by atoms with van der Waals surface area (Å²) in [4.78, 5) is 9.26. The minimum atomic E-state index is 0.629. The maximum Gasteiger partial charge on any atom is 0.223 e. The van der Waals surface area contributed by atoms with Crippen LogP contribution >= 0.6 is 0 Å². The van der Waals surface area contributed by atoms with Crippen molar-refractivity contribution in [1.29, 1.82) is 0 Å². The van der Waals surface area contributed by atoms with Crippen LogP contribution in [0.4, 0.5) is 5.95 Å². The zero-order valence-electron chi connectivity index (χ0n) is 9.71. The highest BCUT2D eigenvalue weighted by Crippen LogP contribution is 2.24. The Labute approximate surface area is 95.9 Å². The first kappa shape index (κ1) is 10.0. The third kappa shape index (κ3) is 1.89. The number of aromatic nitrogens is 2. The minimum absolute atomic E-state index is 0.629. The van der Waals surface area contributed by atoms with Crippen molar-refractivity contribution in [2.45, 2.75) is 45.2 Å². The first-order valence-corrected chi connectivity index (χ1v) is 6.22. The first-order chi connectivity index (χ1) is 7.86. The lowest BCUT2D eigenvalue weighted by atomic mass is 10.0. The molecule has 1 aromatic rings. The number of fused-ring (bicyclic) bond motifs is 1. The number of nitrogens with one attached hydrogen (secondary N) is 2. The standard InChI is InChI=1S/C12H18N4/c1-2-10-9-7-13-6-5-11(9)16-12(15-10)14-8-3-4-8/h8,13H,2-7H2,1H3,(H,14,15,16). The Morgan fingerprint density at radius 1 is 1.38 bits per heavy atom. The van der Waals surface area contributed by atoms with Crippen molar-refractivity contribution in [1.82, 2.24) is 15.3 Å². The Hall–Kier alpha value is -1.16. The topological polar surface area (TPSA) is 49.8 Å². The van der Waals surface area contributed by atoms with Gasteiger partial charge in [-0.1, -0.05) is 6.92 Å². The maximum atomic E-state index is 4.64. The van der Waals surface area contributed by atoms with Crippen molar-refractivity contribution in [2.75, 3.05) is 11.9 Å². The number of anilines is 1. The molecule has 1 aliphatic heterocycles.